The molecule has 5 nitrogen and oxygen atoms in total. The Kier molecular flexibility index (Phi) is 5.40. The van der Waals surface area contributed by atoms with Gasteiger partial charge in [0.1, 0.15) is 0 Å². The van der Waals surface area contributed by atoms with E-state index in [0.717, 1.165) is 30.2 Å². The molecule has 0 aliphatic heterocycles. The maximum absolute atomic E-state index is 11.8. The summed E-state index contributed by atoms with van der Waals surface area (Å²) in [4.78, 5) is 23.4. The van der Waals surface area contributed by atoms with Crippen molar-refractivity contribution >= 4 is 27.9 Å². The Bertz CT molecular complexity index is 470. The normalized spacial score (nSPS) is 15.4. The van der Waals surface area contributed by atoms with Gasteiger partial charge < -0.3 is 5.32 Å². The molecule has 2 rings (SSSR count). The lowest BCUT2D eigenvalue weighted by molar-refractivity contribution is 0.0935. The number of urea groups is 1. The average molecular weight is 340 g/mol. The molecule has 0 bridgehead atoms. The summed E-state index contributed by atoms with van der Waals surface area (Å²) in [6.07, 6.45) is 5.55. The van der Waals surface area contributed by atoms with Gasteiger partial charge in [-0.2, -0.15) is 0 Å². The molecule has 0 heterocycles. The van der Waals surface area contributed by atoms with Crippen LogP contribution in [0.2, 0.25) is 0 Å². The SMILES string of the molecule is O=C(NNC(=O)c1ccc(Br)cc1)NC1CCCCC1. The summed E-state index contributed by atoms with van der Waals surface area (Å²) in [5.41, 5.74) is 5.26. The quantitative estimate of drug-likeness (QED) is 0.725. The first-order valence-corrected chi connectivity index (χ1v) is 7.57. The Morgan fingerprint density at radius 3 is 2.30 bits per heavy atom. The Balaban J connectivity index is 1.75. The van der Waals surface area contributed by atoms with Crippen LogP contribution in [0.25, 0.3) is 0 Å². The summed E-state index contributed by atoms with van der Waals surface area (Å²) in [5.74, 6) is -0.337. The molecule has 0 radical (unpaired) electrons. The zero-order valence-electron chi connectivity index (χ0n) is 11.1. The molecule has 0 atom stereocenters. The van der Waals surface area contributed by atoms with Crippen molar-refractivity contribution in [3.05, 3.63) is 34.3 Å². The molecule has 0 unspecified atom stereocenters. The molecule has 20 heavy (non-hydrogen) atoms. The van der Waals surface area contributed by atoms with Crippen LogP contribution in [0.5, 0.6) is 0 Å². The fourth-order valence-electron chi connectivity index (χ4n) is 2.26. The predicted octanol–water partition coefficient (Wildman–Crippen LogP) is 2.73. The van der Waals surface area contributed by atoms with Gasteiger partial charge in [0.05, 0.1) is 0 Å². The minimum Gasteiger partial charge on any atom is -0.334 e. The average Bonchev–Trinajstić information content (AvgIpc) is 2.46. The van der Waals surface area contributed by atoms with Gasteiger partial charge in [0, 0.05) is 16.1 Å². The fraction of sp³-hybridized carbons (Fsp3) is 0.429. The van der Waals surface area contributed by atoms with Gasteiger partial charge in [0.25, 0.3) is 5.91 Å². The Morgan fingerprint density at radius 1 is 1.00 bits per heavy atom. The number of amides is 3. The van der Waals surface area contributed by atoms with E-state index in [-0.39, 0.29) is 18.0 Å². The Morgan fingerprint density at radius 2 is 1.65 bits per heavy atom. The van der Waals surface area contributed by atoms with E-state index in [2.05, 4.69) is 32.1 Å². The zero-order valence-corrected chi connectivity index (χ0v) is 12.7. The van der Waals surface area contributed by atoms with E-state index in [1.807, 2.05) is 0 Å². The van der Waals surface area contributed by atoms with Crippen LogP contribution < -0.4 is 16.2 Å². The van der Waals surface area contributed by atoms with Gasteiger partial charge >= 0.3 is 6.03 Å². The van der Waals surface area contributed by atoms with Crippen LogP contribution in [0, 0.1) is 0 Å². The van der Waals surface area contributed by atoms with E-state index in [1.165, 1.54) is 6.42 Å². The number of hydrazine groups is 1. The first-order chi connectivity index (χ1) is 9.65. The van der Waals surface area contributed by atoms with Crippen molar-refractivity contribution in [2.24, 2.45) is 0 Å². The summed E-state index contributed by atoms with van der Waals surface area (Å²) in [6, 6.07) is 6.77. The van der Waals surface area contributed by atoms with Crippen molar-refractivity contribution in [3.63, 3.8) is 0 Å². The number of carbonyl (C=O) groups excluding carboxylic acids is 2. The molecule has 0 saturated heterocycles. The second-order valence-electron chi connectivity index (χ2n) is 4.89. The largest absolute Gasteiger partial charge is 0.334 e. The molecule has 108 valence electrons. The van der Waals surface area contributed by atoms with Gasteiger partial charge in [-0.1, -0.05) is 35.2 Å². The van der Waals surface area contributed by atoms with Gasteiger partial charge in [-0.05, 0) is 37.1 Å². The Hall–Kier alpha value is -1.56. The maximum atomic E-state index is 11.8. The molecule has 1 fully saturated rings. The van der Waals surface area contributed by atoms with Crippen LogP contribution in [0.15, 0.2) is 28.7 Å². The molecule has 3 N–H and O–H groups in total. The van der Waals surface area contributed by atoms with Crippen LogP contribution >= 0.6 is 15.9 Å². The third kappa shape index (κ3) is 4.52. The van der Waals surface area contributed by atoms with Gasteiger partial charge in [0.2, 0.25) is 0 Å². The summed E-state index contributed by atoms with van der Waals surface area (Å²) >= 11 is 3.30. The molecule has 1 aromatic rings. The minimum atomic E-state index is -0.359. The molecule has 0 aromatic heterocycles. The van der Waals surface area contributed by atoms with Crippen molar-refractivity contribution in [1.82, 2.24) is 16.2 Å². The molecular weight excluding hydrogens is 322 g/mol. The summed E-state index contributed by atoms with van der Waals surface area (Å²) < 4.78 is 0.900. The fourth-order valence-corrected chi connectivity index (χ4v) is 2.52. The summed E-state index contributed by atoms with van der Waals surface area (Å²) in [6.45, 7) is 0. The summed E-state index contributed by atoms with van der Waals surface area (Å²) in [5, 5.41) is 2.86. The molecule has 1 aliphatic carbocycles. The minimum absolute atomic E-state index is 0.216. The number of halogens is 1. The predicted molar refractivity (Wildman–Crippen MR) is 80.1 cm³/mol. The second-order valence-corrected chi connectivity index (χ2v) is 5.81. The molecule has 3 amide bonds. The smallest absolute Gasteiger partial charge is 0.333 e. The van der Waals surface area contributed by atoms with E-state index in [9.17, 15) is 9.59 Å². The van der Waals surface area contributed by atoms with Gasteiger partial charge in [-0.25, -0.2) is 10.2 Å². The first-order valence-electron chi connectivity index (χ1n) is 6.77. The Labute approximate surface area is 126 Å². The van der Waals surface area contributed by atoms with Crippen LogP contribution in [0.3, 0.4) is 0 Å². The van der Waals surface area contributed by atoms with Gasteiger partial charge in [-0.3, -0.25) is 10.2 Å². The van der Waals surface area contributed by atoms with Crippen LogP contribution in [-0.2, 0) is 0 Å². The lowest BCUT2D eigenvalue weighted by Gasteiger charge is -2.22. The molecule has 0 spiro atoms. The monoisotopic (exact) mass is 339 g/mol. The molecule has 1 aliphatic rings. The van der Waals surface area contributed by atoms with Crippen LogP contribution in [0.4, 0.5) is 4.79 Å². The van der Waals surface area contributed by atoms with Crippen molar-refractivity contribution in [2.75, 3.05) is 0 Å². The van der Waals surface area contributed by atoms with Gasteiger partial charge in [-0.15, -0.1) is 0 Å². The highest BCUT2D eigenvalue weighted by Crippen LogP contribution is 2.17. The van der Waals surface area contributed by atoms with Crippen molar-refractivity contribution in [3.8, 4) is 0 Å². The lowest BCUT2D eigenvalue weighted by atomic mass is 9.96. The number of rotatable bonds is 2. The number of hydrogen-bond donors (Lipinski definition) is 3. The number of benzene rings is 1. The number of nitrogens with one attached hydrogen (secondary N) is 3. The van der Waals surface area contributed by atoms with E-state index < -0.39 is 0 Å². The topological polar surface area (TPSA) is 70.2 Å². The van der Waals surface area contributed by atoms with Crippen molar-refractivity contribution < 1.29 is 9.59 Å². The third-order valence-electron chi connectivity index (χ3n) is 3.34. The second kappa shape index (κ2) is 7.28. The molecule has 6 heteroatoms. The summed E-state index contributed by atoms with van der Waals surface area (Å²) in [7, 11) is 0. The van der Waals surface area contributed by atoms with Crippen molar-refractivity contribution in [1.29, 1.82) is 0 Å². The zero-order chi connectivity index (χ0) is 14.4. The van der Waals surface area contributed by atoms with E-state index >= 15 is 0 Å². The van der Waals surface area contributed by atoms with E-state index in [0.29, 0.717) is 5.56 Å². The van der Waals surface area contributed by atoms with Crippen LogP contribution in [-0.4, -0.2) is 18.0 Å². The van der Waals surface area contributed by atoms with E-state index in [4.69, 9.17) is 0 Å². The highest BCUT2D eigenvalue weighted by molar-refractivity contribution is 9.10. The lowest BCUT2D eigenvalue weighted by Crippen LogP contribution is -2.50. The van der Waals surface area contributed by atoms with Crippen LogP contribution in [0.1, 0.15) is 42.5 Å². The molecular formula is C14H18BrN3O2. The molecule has 1 saturated carbocycles. The van der Waals surface area contributed by atoms with E-state index in [1.54, 1.807) is 24.3 Å². The number of hydrogen-bond acceptors (Lipinski definition) is 2. The first kappa shape index (κ1) is 14.8. The standard InChI is InChI=1S/C14H18BrN3O2/c15-11-8-6-10(7-9-11)13(19)17-18-14(20)16-12-4-2-1-3-5-12/h6-9,12H,1-5H2,(H,17,19)(H2,16,18,20). The van der Waals surface area contributed by atoms with Gasteiger partial charge in [0.15, 0.2) is 0 Å². The number of carbonyl (C=O) groups is 2. The highest BCUT2D eigenvalue weighted by atomic mass is 79.9. The maximum Gasteiger partial charge on any atom is 0.333 e. The van der Waals surface area contributed by atoms with Crippen molar-refractivity contribution in [2.45, 2.75) is 38.1 Å². The highest BCUT2D eigenvalue weighted by Gasteiger charge is 2.15. The third-order valence-corrected chi connectivity index (χ3v) is 3.87. The molecule has 1 aromatic carbocycles.